The average Bonchev–Trinajstić information content (AvgIpc) is 2.85. The summed E-state index contributed by atoms with van der Waals surface area (Å²) in [5, 5.41) is 0. The molecule has 1 saturated heterocycles. The first-order valence-electron chi connectivity index (χ1n) is 8.35. The highest BCUT2D eigenvalue weighted by atomic mass is 32.2. The average molecular weight is 353 g/mol. The lowest BCUT2D eigenvalue weighted by Crippen LogP contribution is -2.43. The Morgan fingerprint density at radius 2 is 2.04 bits per heavy atom. The number of hydrogen-bond donors (Lipinski definition) is 0. The van der Waals surface area contributed by atoms with Crippen molar-refractivity contribution in [3.8, 4) is 5.75 Å². The van der Waals surface area contributed by atoms with Gasteiger partial charge in [0.15, 0.2) is 16.4 Å². The van der Waals surface area contributed by atoms with Gasteiger partial charge >= 0.3 is 0 Å². The lowest BCUT2D eigenvalue weighted by molar-refractivity contribution is -0.135. The minimum absolute atomic E-state index is 0.0110. The van der Waals surface area contributed by atoms with Crippen molar-refractivity contribution in [1.82, 2.24) is 4.90 Å². The molecule has 1 aliphatic heterocycles. The third-order valence-corrected chi connectivity index (χ3v) is 6.12. The Kier molecular flexibility index (Phi) is 5.58. The van der Waals surface area contributed by atoms with E-state index in [2.05, 4.69) is 20.8 Å². The van der Waals surface area contributed by atoms with Gasteiger partial charge < -0.3 is 9.64 Å². The van der Waals surface area contributed by atoms with Crippen molar-refractivity contribution in [3.05, 3.63) is 29.8 Å². The Labute approximate surface area is 144 Å². The summed E-state index contributed by atoms with van der Waals surface area (Å²) in [6, 6.07) is 7.51. The molecule has 1 unspecified atom stereocenters. The van der Waals surface area contributed by atoms with Crippen LogP contribution in [0.25, 0.3) is 0 Å². The van der Waals surface area contributed by atoms with E-state index in [4.69, 9.17) is 4.74 Å². The first-order chi connectivity index (χ1) is 11.1. The number of carbonyl (C=O) groups excluding carboxylic acids is 1. The molecule has 24 heavy (non-hydrogen) atoms. The highest BCUT2D eigenvalue weighted by Crippen LogP contribution is 2.25. The van der Waals surface area contributed by atoms with E-state index in [0.717, 1.165) is 5.56 Å². The predicted octanol–water partition coefficient (Wildman–Crippen LogP) is 2.40. The molecular formula is C18H27NO4S. The van der Waals surface area contributed by atoms with Crippen LogP contribution in [0, 0.1) is 0 Å². The molecule has 0 spiro atoms. The van der Waals surface area contributed by atoms with Crippen molar-refractivity contribution in [3.63, 3.8) is 0 Å². The molecule has 1 atom stereocenters. The Morgan fingerprint density at radius 1 is 1.33 bits per heavy atom. The first kappa shape index (κ1) is 18.8. The van der Waals surface area contributed by atoms with Crippen molar-refractivity contribution in [1.29, 1.82) is 0 Å². The summed E-state index contributed by atoms with van der Waals surface area (Å²) >= 11 is 0. The van der Waals surface area contributed by atoms with Gasteiger partial charge in [-0.2, -0.15) is 0 Å². The normalized spacial score (nSPS) is 19.9. The molecule has 5 nitrogen and oxygen atoms in total. The molecule has 1 aliphatic rings. The molecule has 1 fully saturated rings. The van der Waals surface area contributed by atoms with Crippen molar-refractivity contribution in [2.75, 3.05) is 24.7 Å². The maximum absolute atomic E-state index is 12.4. The number of sulfone groups is 1. The molecule has 1 aromatic carbocycles. The van der Waals surface area contributed by atoms with Crippen LogP contribution in [0.5, 0.6) is 5.75 Å². The molecule has 6 heteroatoms. The second kappa shape index (κ2) is 7.13. The van der Waals surface area contributed by atoms with Gasteiger partial charge in [-0.25, -0.2) is 8.42 Å². The van der Waals surface area contributed by atoms with Gasteiger partial charge in [0, 0.05) is 12.6 Å². The lowest BCUT2D eigenvalue weighted by Gasteiger charge is -2.27. The Bertz CT molecular complexity index is 691. The number of amides is 1. The predicted molar refractivity (Wildman–Crippen MR) is 95.1 cm³/mol. The van der Waals surface area contributed by atoms with E-state index in [0.29, 0.717) is 18.7 Å². The maximum atomic E-state index is 12.4. The minimum atomic E-state index is -3.01. The molecule has 134 valence electrons. The molecule has 1 heterocycles. The van der Waals surface area contributed by atoms with Gasteiger partial charge in [0.1, 0.15) is 5.75 Å². The van der Waals surface area contributed by atoms with E-state index in [-0.39, 0.29) is 35.5 Å². The molecule has 0 aliphatic carbocycles. The maximum Gasteiger partial charge on any atom is 0.260 e. The fourth-order valence-corrected chi connectivity index (χ4v) is 4.67. The Morgan fingerprint density at radius 3 is 2.58 bits per heavy atom. The summed E-state index contributed by atoms with van der Waals surface area (Å²) in [5.74, 6) is 0.716. The number of nitrogens with zero attached hydrogens (tertiary/aromatic N) is 1. The van der Waals surface area contributed by atoms with Crippen molar-refractivity contribution in [2.24, 2.45) is 0 Å². The molecule has 0 aromatic heterocycles. The summed E-state index contributed by atoms with van der Waals surface area (Å²) in [7, 11) is -3.01. The van der Waals surface area contributed by atoms with Crippen LogP contribution < -0.4 is 4.74 Å². The highest BCUT2D eigenvalue weighted by Gasteiger charge is 2.33. The van der Waals surface area contributed by atoms with E-state index in [1.807, 2.05) is 31.2 Å². The number of carbonyl (C=O) groups is 1. The fourth-order valence-electron chi connectivity index (χ4n) is 2.94. The van der Waals surface area contributed by atoms with Crippen molar-refractivity contribution in [2.45, 2.75) is 45.6 Å². The van der Waals surface area contributed by atoms with E-state index in [1.165, 1.54) is 0 Å². The highest BCUT2D eigenvalue weighted by molar-refractivity contribution is 7.91. The van der Waals surface area contributed by atoms with Crippen LogP contribution in [0.15, 0.2) is 24.3 Å². The number of hydrogen-bond acceptors (Lipinski definition) is 4. The zero-order chi connectivity index (χ0) is 18.0. The second-order valence-electron chi connectivity index (χ2n) is 7.30. The van der Waals surface area contributed by atoms with Crippen LogP contribution in [-0.4, -0.2) is 49.9 Å². The third-order valence-electron chi connectivity index (χ3n) is 4.37. The van der Waals surface area contributed by atoms with Gasteiger partial charge in [0.05, 0.1) is 11.5 Å². The SMILES string of the molecule is CCN(C(=O)COc1cccc(C(C)(C)C)c1)C1CCS(=O)(=O)C1. The molecule has 1 aromatic rings. The molecular weight excluding hydrogens is 326 g/mol. The van der Waals surface area contributed by atoms with E-state index < -0.39 is 9.84 Å². The van der Waals surface area contributed by atoms with Crippen LogP contribution in [0.3, 0.4) is 0 Å². The van der Waals surface area contributed by atoms with Crippen molar-refractivity contribution >= 4 is 15.7 Å². The zero-order valence-corrected chi connectivity index (χ0v) is 15.7. The zero-order valence-electron chi connectivity index (χ0n) is 14.9. The van der Waals surface area contributed by atoms with Gasteiger partial charge in [0.2, 0.25) is 0 Å². The third kappa shape index (κ3) is 4.72. The minimum Gasteiger partial charge on any atom is -0.484 e. The van der Waals surface area contributed by atoms with Gasteiger partial charge in [-0.15, -0.1) is 0 Å². The van der Waals surface area contributed by atoms with Crippen molar-refractivity contribution < 1.29 is 17.9 Å². The van der Waals surface area contributed by atoms with Gasteiger partial charge in [-0.3, -0.25) is 4.79 Å². The molecule has 0 saturated carbocycles. The summed E-state index contributed by atoms with van der Waals surface area (Å²) in [6.07, 6.45) is 0.515. The fraction of sp³-hybridized carbons (Fsp3) is 0.611. The summed E-state index contributed by atoms with van der Waals surface area (Å²) in [5.41, 5.74) is 1.15. The van der Waals surface area contributed by atoms with E-state index >= 15 is 0 Å². The molecule has 2 rings (SSSR count). The van der Waals surface area contributed by atoms with E-state index in [1.54, 1.807) is 4.90 Å². The number of likely N-dealkylation sites (N-methyl/N-ethyl adjacent to an activating group) is 1. The van der Waals surface area contributed by atoms with Gasteiger partial charge in [-0.05, 0) is 36.5 Å². The summed E-state index contributed by atoms with van der Waals surface area (Å²) < 4.78 is 28.9. The lowest BCUT2D eigenvalue weighted by atomic mass is 9.87. The molecule has 1 amide bonds. The quantitative estimate of drug-likeness (QED) is 0.815. The largest absolute Gasteiger partial charge is 0.484 e. The standard InChI is InChI=1S/C18H27NO4S/c1-5-19(15-9-10-24(21,22)13-15)17(20)12-23-16-8-6-7-14(11-16)18(2,3)4/h6-8,11,15H,5,9-10,12-13H2,1-4H3. The van der Waals surface area contributed by atoms with Crippen LogP contribution in [-0.2, 0) is 20.0 Å². The number of ether oxygens (including phenoxy) is 1. The Hall–Kier alpha value is -1.56. The topological polar surface area (TPSA) is 63.7 Å². The number of rotatable bonds is 5. The second-order valence-corrected chi connectivity index (χ2v) is 9.53. The Balaban J connectivity index is 1.99. The van der Waals surface area contributed by atoms with E-state index in [9.17, 15) is 13.2 Å². The molecule has 0 N–H and O–H groups in total. The van der Waals surface area contributed by atoms with Crippen LogP contribution >= 0.6 is 0 Å². The first-order valence-corrected chi connectivity index (χ1v) is 10.2. The number of benzene rings is 1. The monoisotopic (exact) mass is 353 g/mol. The van der Waals surface area contributed by atoms with Crippen LogP contribution in [0.4, 0.5) is 0 Å². The van der Waals surface area contributed by atoms with Gasteiger partial charge in [-0.1, -0.05) is 32.9 Å². The van der Waals surface area contributed by atoms with Crippen LogP contribution in [0.2, 0.25) is 0 Å². The summed E-state index contributed by atoms with van der Waals surface area (Å²) in [4.78, 5) is 14.1. The molecule has 0 bridgehead atoms. The smallest absolute Gasteiger partial charge is 0.260 e. The summed E-state index contributed by atoms with van der Waals surface area (Å²) in [6.45, 7) is 8.65. The molecule has 0 radical (unpaired) electrons. The van der Waals surface area contributed by atoms with Gasteiger partial charge in [0.25, 0.3) is 5.91 Å². The van der Waals surface area contributed by atoms with Crippen LogP contribution in [0.1, 0.15) is 39.7 Å².